The minimum atomic E-state index is 0.974. The van der Waals surface area contributed by atoms with Gasteiger partial charge < -0.3 is 5.32 Å². The van der Waals surface area contributed by atoms with E-state index in [1.165, 1.54) is 11.4 Å². The second kappa shape index (κ2) is 5.81. The Kier molecular flexibility index (Phi) is 4.66. The Bertz CT molecular complexity index is 265. The molecule has 0 aliphatic rings. The molecule has 0 amide bonds. The maximum atomic E-state index is 4.51. The molecule has 1 aromatic rings. The molecule has 1 aromatic heterocycles. The van der Waals surface area contributed by atoms with Crippen LogP contribution in [0.5, 0.6) is 0 Å². The Morgan fingerprint density at radius 1 is 1.36 bits per heavy atom. The van der Waals surface area contributed by atoms with Crippen molar-refractivity contribution in [2.75, 3.05) is 13.1 Å². The van der Waals surface area contributed by atoms with Crippen LogP contribution in [0.2, 0.25) is 0 Å². The first-order valence-corrected chi connectivity index (χ1v) is 5.58. The molecule has 0 saturated heterocycles. The van der Waals surface area contributed by atoms with Crippen molar-refractivity contribution < 1.29 is 0 Å². The zero-order valence-electron chi connectivity index (χ0n) is 9.51. The Morgan fingerprint density at radius 2 is 2.14 bits per heavy atom. The lowest BCUT2D eigenvalue weighted by molar-refractivity contribution is 0.597. The van der Waals surface area contributed by atoms with Gasteiger partial charge in [0.05, 0.1) is 5.69 Å². The summed E-state index contributed by atoms with van der Waals surface area (Å²) in [5, 5.41) is 7.85. The molecule has 0 spiro atoms. The van der Waals surface area contributed by atoms with Gasteiger partial charge in [-0.25, -0.2) is 0 Å². The Balaban J connectivity index is 2.59. The maximum Gasteiger partial charge on any atom is 0.0624 e. The molecule has 80 valence electrons. The van der Waals surface area contributed by atoms with E-state index in [2.05, 4.69) is 41.9 Å². The van der Waals surface area contributed by atoms with Crippen molar-refractivity contribution in [3.63, 3.8) is 0 Å². The normalized spacial score (nSPS) is 10.8. The molecule has 0 atom stereocenters. The number of nitrogens with zero attached hydrogens (tertiary/aromatic N) is 2. The lowest BCUT2D eigenvalue weighted by atomic mass is 10.2. The first-order valence-electron chi connectivity index (χ1n) is 5.58. The van der Waals surface area contributed by atoms with Crippen molar-refractivity contribution in [3.05, 3.63) is 17.5 Å². The van der Waals surface area contributed by atoms with Gasteiger partial charge >= 0.3 is 0 Å². The smallest absolute Gasteiger partial charge is 0.0624 e. The number of aromatic nitrogens is 2. The zero-order valence-corrected chi connectivity index (χ0v) is 9.51. The van der Waals surface area contributed by atoms with Crippen LogP contribution in [0.3, 0.4) is 0 Å². The average molecular weight is 195 g/mol. The predicted octanol–water partition coefficient (Wildman–Crippen LogP) is 1.62. The highest BCUT2D eigenvalue weighted by Crippen LogP contribution is 2.05. The average Bonchev–Trinajstić information content (AvgIpc) is 2.61. The summed E-state index contributed by atoms with van der Waals surface area (Å²) in [6.45, 7) is 9.49. The number of nitrogens with one attached hydrogen (secondary N) is 1. The van der Waals surface area contributed by atoms with Crippen molar-refractivity contribution >= 4 is 0 Å². The summed E-state index contributed by atoms with van der Waals surface area (Å²) >= 11 is 0. The first-order chi connectivity index (χ1) is 6.81. The Hall–Kier alpha value is -0.830. The van der Waals surface area contributed by atoms with Gasteiger partial charge in [-0.1, -0.05) is 13.8 Å². The third-order valence-corrected chi connectivity index (χ3v) is 2.38. The van der Waals surface area contributed by atoms with E-state index in [9.17, 15) is 0 Å². The van der Waals surface area contributed by atoms with Gasteiger partial charge in [-0.2, -0.15) is 5.10 Å². The Morgan fingerprint density at radius 3 is 2.71 bits per heavy atom. The molecule has 0 radical (unpaired) electrons. The monoisotopic (exact) mass is 195 g/mol. The number of rotatable bonds is 6. The van der Waals surface area contributed by atoms with E-state index in [1.54, 1.807) is 0 Å². The number of hydrogen-bond donors (Lipinski definition) is 1. The molecule has 1 rings (SSSR count). The second-order valence-electron chi connectivity index (χ2n) is 3.40. The van der Waals surface area contributed by atoms with E-state index in [-0.39, 0.29) is 0 Å². The van der Waals surface area contributed by atoms with Crippen molar-refractivity contribution in [1.82, 2.24) is 15.1 Å². The van der Waals surface area contributed by atoms with Crippen LogP contribution in [0.25, 0.3) is 0 Å². The maximum absolute atomic E-state index is 4.51. The summed E-state index contributed by atoms with van der Waals surface area (Å²) in [6.07, 6.45) is 2.11. The van der Waals surface area contributed by atoms with Crippen LogP contribution in [0.15, 0.2) is 6.07 Å². The number of hydrogen-bond acceptors (Lipinski definition) is 2. The quantitative estimate of drug-likeness (QED) is 0.699. The highest BCUT2D eigenvalue weighted by atomic mass is 15.3. The van der Waals surface area contributed by atoms with Crippen LogP contribution in [0.1, 0.15) is 32.2 Å². The van der Waals surface area contributed by atoms with E-state index in [0.717, 1.165) is 32.5 Å². The molecule has 0 bridgehead atoms. The van der Waals surface area contributed by atoms with Crippen molar-refractivity contribution in [3.8, 4) is 0 Å². The zero-order chi connectivity index (χ0) is 10.4. The summed E-state index contributed by atoms with van der Waals surface area (Å²) in [5.74, 6) is 0. The molecule has 0 aliphatic heterocycles. The molecule has 3 nitrogen and oxygen atoms in total. The minimum absolute atomic E-state index is 0.974. The number of aryl methyl sites for hydroxylation is 2. The third-order valence-electron chi connectivity index (χ3n) is 2.38. The van der Waals surface area contributed by atoms with Crippen LogP contribution in [0.4, 0.5) is 0 Å². The molecule has 0 fully saturated rings. The fourth-order valence-electron chi connectivity index (χ4n) is 1.56. The summed E-state index contributed by atoms with van der Waals surface area (Å²) < 4.78 is 2.11. The summed E-state index contributed by atoms with van der Waals surface area (Å²) in [5.41, 5.74) is 2.56. The highest BCUT2D eigenvalue weighted by Gasteiger charge is 2.04. The van der Waals surface area contributed by atoms with Crippen molar-refractivity contribution in [1.29, 1.82) is 0 Å². The van der Waals surface area contributed by atoms with Gasteiger partial charge in [-0.15, -0.1) is 0 Å². The van der Waals surface area contributed by atoms with E-state index >= 15 is 0 Å². The van der Waals surface area contributed by atoms with E-state index < -0.39 is 0 Å². The molecular weight excluding hydrogens is 174 g/mol. The van der Waals surface area contributed by atoms with Gasteiger partial charge in [-0.3, -0.25) is 4.68 Å². The molecule has 0 aromatic carbocycles. The molecule has 1 N–H and O–H groups in total. The number of likely N-dealkylation sites (N-methyl/N-ethyl adjacent to an activating group) is 1. The SMILES string of the molecule is CCNCCc1cc(CC)nn1CC. The summed E-state index contributed by atoms with van der Waals surface area (Å²) in [7, 11) is 0. The van der Waals surface area contributed by atoms with E-state index in [4.69, 9.17) is 0 Å². The largest absolute Gasteiger partial charge is 0.317 e. The fourth-order valence-corrected chi connectivity index (χ4v) is 1.56. The van der Waals surface area contributed by atoms with Gasteiger partial charge in [0.25, 0.3) is 0 Å². The van der Waals surface area contributed by atoms with Crippen LogP contribution in [0, 0.1) is 0 Å². The molecule has 3 heteroatoms. The summed E-state index contributed by atoms with van der Waals surface area (Å²) in [6, 6.07) is 2.22. The first kappa shape index (κ1) is 11.2. The van der Waals surface area contributed by atoms with Crippen LogP contribution in [-0.4, -0.2) is 22.9 Å². The standard InChI is InChI=1S/C11H21N3/c1-4-10-9-11(7-8-12-5-2)14(6-3)13-10/h9,12H,4-8H2,1-3H3. The highest BCUT2D eigenvalue weighted by molar-refractivity contribution is 5.10. The molecule has 1 heterocycles. The molecule has 0 aliphatic carbocycles. The van der Waals surface area contributed by atoms with Gasteiger partial charge in [0.1, 0.15) is 0 Å². The van der Waals surface area contributed by atoms with E-state index in [0.29, 0.717) is 0 Å². The second-order valence-corrected chi connectivity index (χ2v) is 3.40. The molecule has 0 unspecified atom stereocenters. The molecular formula is C11H21N3. The Labute approximate surface area is 86.5 Å². The predicted molar refractivity (Wildman–Crippen MR) is 59.5 cm³/mol. The van der Waals surface area contributed by atoms with E-state index in [1.807, 2.05) is 0 Å². The minimum Gasteiger partial charge on any atom is -0.317 e. The lowest BCUT2D eigenvalue weighted by Crippen LogP contribution is -2.17. The molecule has 0 saturated carbocycles. The van der Waals surface area contributed by atoms with Gasteiger partial charge in [0, 0.05) is 25.2 Å². The van der Waals surface area contributed by atoms with Gasteiger partial charge in [0.2, 0.25) is 0 Å². The van der Waals surface area contributed by atoms with Crippen LogP contribution >= 0.6 is 0 Å². The topological polar surface area (TPSA) is 29.9 Å². The third kappa shape index (κ3) is 2.84. The summed E-state index contributed by atoms with van der Waals surface area (Å²) in [4.78, 5) is 0. The molecule has 14 heavy (non-hydrogen) atoms. The van der Waals surface area contributed by atoms with Crippen LogP contribution < -0.4 is 5.32 Å². The van der Waals surface area contributed by atoms with Crippen LogP contribution in [-0.2, 0) is 19.4 Å². The van der Waals surface area contributed by atoms with Crippen molar-refractivity contribution in [2.24, 2.45) is 0 Å². The van der Waals surface area contributed by atoms with Gasteiger partial charge in [-0.05, 0) is 26.0 Å². The fraction of sp³-hybridized carbons (Fsp3) is 0.727. The van der Waals surface area contributed by atoms with Gasteiger partial charge in [0.15, 0.2) is 0 Å². The van der Waals surface area contributed by atoms with Crippen molar-refractivity contribution in [2.45, 2.75) is 40.2 Å². The lowest BCUT2D eigenvalue weighted by Gasteiger charge is -2.04.